The highest BCUT2D eigenvalue weighted by Crippen LogP contribution is 2.40. The lowest BCUT2D eigenvalue weighted by atomic mass is 9.96. The second-order valence-electron chi connectivity index (χ2n) is 8.14. The zero-order valence-corrected chi connectivity index (χ0v) is 19.1. The Kier molecular flexibility index (Phi) is 7.01. The lowest BCUT2D eigenvalue weighted by Crippen LogP contribution is -2.40. The molecule has 3 aromatic carbocycles. The minimum absolute atomic E-state index is 0.0523. The monoisotopic (exact) mass is 461 g/mol. The SMILES string of the molecule is COc1cc(C(=O)N2C[C@H](c3ccccc3)C[C@H]2C(=O)O)cc(OC)c1OCc1ccccc1. The summed E-state index contributed by atoms with van der Waals surface area (Å²) in [5.74, 6) is -0.411. The fraction of sp³-hybridized carbons (Fsp3) is 0.259. The molecule has 0 spiro atoms. The van der Waals surface area contributed by atoms with Crippen LogP contribution in [0.1, 0.15) is 33.8 Å². The molecule has 3 aromatic rings. The molecule has 34 heavy (non-hydrogen) atoms. The van der Waals surface area contributed by atoms with Crippen LogP contribution in [0.5, 0.6) is 17.2 Å². The molecule has 1 fully saturated rings. The number of aliphatic carboxylic acids is 1. The van der Waals surface area contributed by atoms with Crippen LogP contribution in [-0.2, 0) is 11.4 Å². The summed E-state index contributed by atoms with van der Waals surface area (Å²) in [6.45, 7) is 0.615. The van der Waals surface area contributed by atoms with Gasteiger partial charge in [0, 0.05) is 18.0 Å². The van der Waals surface area contributed by atoms with E-state index in [2.05, 4.69) is 0 Å². The number of amides is 1. The topological polar surface area (TPSA) is 85.3 Å². The van der Waals surface area contributed by atoms with Crippen LogP contribution in [0.15, 0.2) is 72.8 Å². The molecule has 1 aliphatic heterocycles. The Morgan fingerprint density at radius 1 is 0.941 bits per heavy atom. The van der Waals surface area contributed by atoms with Crippen LogP contribution in [0.25, 0.3) is 0 Å². The van der Waals surface area contributed by atoms with E-state index >= 15 is 0 Å². The summed E-state index contributed by atoms with van der Waals surface area (Å²) < 4.78 is 17.0. The molecule has 2 atom stereocenters. The number of rotatable bonds is 8. The average molecular weight is 462 g/mol. The predicted molar refractivity (Wildman–Crippen MR) is 127 cm³/mol. The van der Waals surface area contributed by atoms with E-state index in [0.717, 1.165) is 11.1 Å². The van der Waals surface area contributed by atoms with Crippen LogP contribution in [0.2, 0.25) is 0 Å². The quantitative estimate of drug-likeness (QED) is 0.536. The van der Waals surface area contributed by atoms with Gasteiger partial charge >= 0.3 is 5.97 Å². The van der Waals surface area contributed by atoms with E-state index in [-0.39, 0.29) is 11.5 Å². The zero-order valence-electron chi connectivity index (χ0n) is 19.1. The summed E-state index contributed by atoms with van der Waals surface area (Å²) in [5, 5.41) is 9.80. The van der Waals surface area contributed by atoms with Crippen LogP contribution in [-0.4, -0.2) is 48.7 Å². The van der Waals surface area contributed by atoms with Gasteiger partial charge in [-0.1, -0.05) is 60.7 Å². The molecule has 7 heteroatoms. The Balaban J connectivity index is 1.61. The first-order chi connectivity index (χ1) is 16.5. The number of carboxylic acid groups (broad SMARTS) is 1. The van der Waals surface area contributed by atoms with Crippen molar-refractivity contribution in [3.05, 3.63) is 89.5 Å². The zero-order chi connectivity index (χ0) is 24.1. The van der Waals surface area contributed by atoms with Gasteiger partial charge in [0.1, 0.15) is 12.6 Å². The second kappa shape index (κ2) is 10.3. The number of nitrogens with zero attached hydrogens (tertiary/aromatic N) is 1. The first kappa shape index (κ1) is 23.2. The van der Waals surface area contributed by atoms with E-state index < -0.39 is 17.9 Å². The van der Waals surface area contributed by atoms with Crippen LogP contribution in [0.3, 0.4) is 0 Å². The highest BCUT2D eigenvalue weighted by molar-refractivity contribution is 5.98. The summed E-state index contributed by atoms with van der Waals surface area (Å²) in [4.78, 5) is 26.9. The van der Waals surface area contributed by atoms with Crippen molar-refractivity contribution in [2.24, 2.45) is 0 Å². The highest BCUT2D eigenvalue weighted by atomic mass is 16.5. The van der Waals surface area contributed by atoms with E-state index in [9.17, 15) is 14.7 Å². The summed E-state index contributed by atoms with van der Waals surface area (Å²) >= 11 is 0. The van der Waals surface area contributed by atoms with Crippen molar-refractivity contribution in [1.29, 1.82) is 0 Å². The van der Waals surface area contributed by atoms with Gasteiger partial charge in [-0.15, -0.1) is 0 Å². The normalized spacial score (nSPS) is 17.3. The van der Waals surface area contributed by atoms with Gasteiger partial charge in [-0.3, -0.25) is 4.79 Å². The van der Waals surface area contributed by atoms with Crippen molar-refractivity contribution in [2.75, 3.05) is 20.8 Å². The van der Waals surface area contributed by atoms with Crippen LogP contribution in [0.4, 0.5) is 0 Å². The first-order valence-corrected chi connectivity index (χ1v) is 11.0. The lowest BCUT2D eigenvalue weighted by Gasteiger charge is -2.23. The molecule has 0 saturated carbocycles. The number of carbonyl (C=O) groups excluding carboxylic acids is 1. The summed E-state index contributed by atoms with van der Waals surface area (Å²) in [6, 6.07) is 21.6. The molecule has 176 valence electrons. The van der Waals surface area contributed by atoms with Gasteiger partial charge < -0.3 is 24.2 Å². The molecule has 0 bridgehead atoms. The first-order valence-electron chi connectivity index (χ1n) is 11.0. The Bertz CT molecular complexity index is 1120. The fourth-order valence-corrected chi connectivity index (χ4v) is 4.30. The molecule has 1 aliphatic rings. The molecule has 0 unspecified atom stereocenters. The Hall–Kier alpha value is -4.00. The van der Waals surface area contributed by atoms with Gasteiger partial charge in [0.25, 0.3) is 5.91 Å². The number of hydrogen-bond acceptors (Lipinski definition) is 5. The van der Waals surface area contributed by atoms with Crippen molar-refractivity contribution >= 4 is 11.9 Å². The van der Waals surface area contributed by atoms with Crippen molar-refractivity contribution < 1.29 is 28.9 Å². The van der Waals surface area contributed by atoms with Crippen LogP contribution >= 0.6 is 0 Å². The second-order valence-corrected chi connectivity index (χ2v) is 8.14. The summed E-state index contributed by atoms with van der Waals surface area (Å²) in [7, 11) is 2.97. The minimum Gasteiger partial charge on any atom is -0.493 e. The van der Waals surface area contributed by atoms with Gasteiger partial charge in [-0.25, -0.2) is 4.79 Å². The number of carbonyl (C=O) groups is 2. The molecule has 7 nitrogen and oxygen atoms in total. The van der Waals surface area contributed by atoms with Crippen molar-refractivity contribution in [3.8, 4) is 17.2 Å². The molecular weight excluding hydrogens is 434 g/mol. The van der Waals surface area contributed by atoms with E-state index in [0.29, 0.717) is 36.8 Å². The van der Waals surface area contributed by atoms with E-state index in [1.807, 2.05) is 60.7 Å². The van der Waals surface area contributed by atoms with Crippen molar-refractivity contribution in [3.63, 3.8) is 0 Å². The summed E-state index contributed by atoms with van der Waals surface area (Å²) in [5.41, 5.74) is 2.27. The van der Waals surface area contributed by atoms with Gasteiger partial charge in [0.2, 0.25) is 5.75 Å². The lowest BCUT2D eigenvalue weighted by molar-refractivity contribution is -0.141. The van der Waals surface area contributed by atoms with Gasteiger partial charge in [-0.05, 0) is 29.7 Å². The number of benzene rings is 3. The predicted octanol–water partition coefficient (Wildman–Crippen LogP) is 4.37. The maximum absolute atomic E-state index is 13.5. The summed E-state index contributed by atoms with van der Waals surface area (Å²) in [6.07, 6.45) is 0.359. The third-order valence-electron chi connectivity index (χ3n) is 6.05. The Labute approximate surface area is 198 Å². The third kappa shape index (κ3) is 4.83. The Morgan fingerprint density at radius 2 is 1.53 bits per heavy atom. The molecular formula is C27H27NO6. The van der Waals surface area contributed by atoms with Crippen LogP contribution < -0.4 is 14.2 Å². The van der Waals surface area contributed by atoms with Gasteiger partial charge in [-0.2, -0.15) is 0 Å². The Morgan fingerprint density at radius 3 is 2.09 bits per heavy atom. The van der Waals surface area contributed by atoms with E-state index in [1.165, 1.54) is 19.1 Å². The molecule has 0 aromatic heterocycles. The smallest absolute Gasteiger partial charge is 0.326 e. The molecule has 1 saturated heterocycles. The van der Waals surface area contributed by atoms with Gasteiger partial charge in [0.15, 0.2) is 11.5 Å². The minimum atomic E-state index is -1.02. The van der Waals surface area contributed by atoms with Crippen LogP contribution in [0, 0.1) is 0 Å². The molecule has 1 heterocycles. The van der Waals surface area contributed by atoms with E-state index in [4.69, 9.17) is 14.2 Å². The third-order valence-corrected chi connectivity index (χ3v) is 6.05. The van der Waals surface area contributed by atoms with Crippen molar-refractivity contribution in [2.45, 2.75) is 25.0 Å². The molecule has 0 aliphatic carbocycles. The molecule has 1 N–H and O–H groups in total. The van der Waals surface area contributed by atoms with E-state index in [1.54, 1.807) is 12.1 Å². The fourth-order valence-electron chi connectivity index (χ4n) is 4.30. The molecule has 1 amide bonds. The van der Waals surface area contributed by atoms with Crippen molar-refractivity contribution in [1.82, 2.24) is 4.90 Å². The van der Waals surface area contributed by atoms with Gasteiger partial charge in [0.05, 0.1) is 14.2 Å². The number of carboxylic acids is 1. The number of hydrogen-bond donors (Lipinski definition) is 1. The largest absolute Gasteiger partial charge is 0.493 e. The maximum Gasteiger partial charge on any atom is 0.326 e. The number of methoxy groups -OCH3 is 2. The standard InChI is InChI=1S/C27H27NO6/c1-32-23-14-20(15-24(33-2)25(23)34-17-18-9-5-3-6-10-18)26(29)28-16-21(13-22(28)27(30)31)19-11-7-4-8-12-19/h3-12,14-15,21-22H,13,16-17H2,1-2H3,(H,30,31)/t21-,22+/m1/s1. The molecule has 4 rings (SSSR count). The maximum atomic E-state index is 13.5. The average Bonchev–Trinajstić information content (AvgIpc) is 3.33. The molecule has 0 radical (unpaired) electrons. The highest BCUT2D eigenvalue weighted by Gasteiger charge is 2.40. The number of ether oxygens (including phenoxy) is 3. The number of likely N-dealkylation sites (tertiary alicyclic amines) is 1.